The summed E-state index contributed by atoms with van der Waals surface area (Å²) in [5.74, 6) is 0.801. The number of benzene rings is 1. The molecule has 1 rings (SSSR count). The van der Waals surface area contributed by atoms with Crippen molar-refractivity contribution in [1.82, 2.24) is 0 Å². The van der Waals surface area contributed by atoms with Crippen LogP contribution in [0.5, 0.6) is 5.75 Å². The molecular formula is C10H10O. The van der Waals surface area contributed by atoms with Crippen LogP contribution in [-0.4, -0.2) is 0 Å². The molecule has 0 aromatic heterocycles. The molecule has 1 aromatic carbocycles. The molecule has 0 atom stereocenters. The number of ether oxygens (including phenoxy) is 1. The van der Waals surface area contributed by atoms with Crippen molar-refractivity contribution in [2.75, 3.05) is 0 Å². The highest BCUT2D eigenvalue weighted by atomic mass is 16.5. The first-order chi connectivity index (χ1) is 5.25. The van der Waals surface area contributed by atoms with Crippen LogP contribution in [0.2, 0.25) is 0 Å². The second kappa shape index (κ2) is 3.12. The van der Waals surface area contributed by atoms with Gasteiger partial charge in [-0.1, -0.05) is 24.6 Å². The van der Waals surface area contributed by atoms with Crippen LogP contribution in [0.25, 0.3) is 0 Å². The Balaban J connectivity index is 3.12. The van der Waals surface area contributed by atoms with Gasteiger partial charge in [0.25, 0.3) is 0 Å². The molecule has 1 nitrogen and oxygen atoms in total. The molecule has 0 aliphatic carbocycles. The zero-order chi connectivity index (χ0) is 8.27. The van der Waals surface area contributed by atoms with E-state index in [0.29, 0.717) is 0 Å². The second-order valence-electron chi connectivity index (χ2n) is 2.44. The fourth-order valence-electron chi connectivity index (χ4n) is 1.02. The maximum absolute atomic E-state index is 5.03. The standard InChI is InChI=1S/C10H10O/c1-4-11-10-8(2)6-5-7-9(10)3/h1,5-7H,2-3H3. The number of para-hydroxylation sites is 1. The van der Waals surface area contributed by atoms with Crippen LogP contribution in [0.1, 0.15) is 11.1 Å². The van der Waals surface area contributed by atoms with Crippen molar-refractivity contribution in [1.29, 1.82) is 0 Å². The summed E-state index contributed by atoms with van der Waals surface area (Å²) >= 11 is 0. The molecule has 56 valence electrons. The predicted molar refractivity (Wildman–Crippen MR) is 45.4 cm³/mol. The molecule has 0 fully saturated rings. The average molecular weight is 146 g/mol. The van der Waals surface area contributed by atoms with Crippen LogP contribution in [0.4, 0.5) is 0 Å². The van der Waals surface area contributed by atoms with Gasteiger partial charge in [-0.25, -0.2) is 0 Å². The van der Waals surface area contributed by atoms with Gasteiger partial charge in [0.05, 0.1) is 0 Å². The molecule has 0 aliphatic heterocycles. The third-order valence-electron chi connectivity index (χ3n) is 1.57. The van der Waals surface area contributed by atoms with E-state index in [1.54, 1.807) is 0 Å². The van der Waals surface area contributed by atoms with Gasteiger partial charge < -0.3 is 4.74 Å². The van der Waals surface area contributed by atoms with Crippen molar-refractivity contribution in [3.63, 3.8) is 0 Å². The zero-order valence-corrected chi connectivity index (χ0v) is 6.72. The second-order valence-corrected chi connectivity index (χ2v) is 2.44. The SMILES string of the molecule is C#COc1c(C)cccc1C. The van der Waals surface area contributed by atoms with Gasteiger partial charge >= 0.3 is 0 Å². The fraction of sp³-hybridized carbons (Fsp3) is 0.200. The Hall–Kier alpha value is -1.42. The van der Waals surface area contributed by atoms with Crippen molar-refractivity contribution < 1.29 is 4.74 Å². The molecule has 0 heterocycles. The number of aryl methyl sites for hydroxylation is 2. The van der Waals surface area contributed by atoms with Gasteiger partial charge in [-0.05, 0) is 25.0 Å². The highest BCUT2D eigenvalue weighted by Crippen LogP contribution is 2.21. The topological polar surface area (TPSA) is 9.23 Å². The van der Waals surface area contributed by atoms with Gasteiger partial charge in [0.2, 0.25) is 0 Å². The highest BCUT2D eigenvalue weighted by Gasteiger charge is 2.00. The summed E-state index contributed by atoms with van der Waals surface area (Å²) in [6.45, 7) is 3.94. The molecule has 0 amide bonds. The van der Waals surface area contributed by atoms with Gasteiger partial charge in [-0.3, -0.25) is 0 Å². The maximum Gasteiger partial charge on any atom is 0.146 e. The quantitative estimate of drug-likeness (QED) is 0.552. The average Bonchev–Trinajstić information content (AvgIpc) is 1.97. The Morgan fingerprint density at radius 1 is 1.27 bits per heavy atom. The lowest BCUT2D eigenvalue weighted by atomic mass is 10.1. The molecule has 0 aliphatic rings. The van der Waals surface area contributed by atoms with Crippen LogP contribution in [0.3, 0.4) is 0 Å². The lowest BCUT2D eigenvalue weighted by Gasteiger charge is -2.04. The lowest BCUT2D eigenvalue weighted by Crippen LogP contribution is -1.88. The first-order valence-corrected chi connectivity index (χ1v) is 3.44. The Morgan fingerprint density at radius 2 is 1.82 bits per heavy atom. The zero-order valence-electron chi connectivity index (χ0n) is 6.72. The van der Waals surface area contributed by atoms with Crippen molar-refractivity contribution in [2.24, 2.45) is 0 Å². The minimum absolute atomic E-state index is 0.801. The van der Waals surface area contributed by atoms with Crippen LogP contribution in [-0.2, 0) is 0 Å². The fourth-order valence-corrected chi connectivity index (χ4v) is 1.02. The molecule has 0 saturated carbocycles. The molecular weight excluding hydrogens is 136 g/mol. The third kappa shape index (κ3) is 1.53. The third-order valence-corrected chi connectivity index (χ3v) is 1.57. The van der Waals surface area contributed by atoms with Crippen molar-refractivity contribution in [2.45, 2.75) is 13.8 Å². The monoisotopic (exact) mass is 146 g/mol. The van der Waals surface area contributed by atoms with Crippen molar-refractivity contribution in [3.8, 4) is 18.3 Å². The van der Waals surface area contributed by atoms with Crippen LogP contribution < -0.4 is 4.74 Å². The maximum atomic E-state index is 5.03. The molecule has 11 heavy (non-hydrogen) atoms. The summed E-state index contributed by atoms with van der Waals surface area (Å²) in [7, 11) is 0. The summed E-state index contributed by atoms with van der Waals surface area (Å²) in [6, 6.07) is 5.92. The van der Waals surface area contributed by atoms with E-state index in [1.165, 1.54) is 0 Å². The number of hydrogen-bond donors (Lipinski definition) is 0. The molecule has 1 aromatic rings. The van der Waals surface area contributed by atoms with E-state index in [9.17, 15) is 0 Å². The number of rotatable bonds is 1. The number of hydrogen-bond acceptors (Lipinski definition) is 1. The van der Waals surface area contributed by atoms with Crippen LogP contribution in [0.15, 0.2) is 18.2 Å². The van der Waals surface area contributed by atoms with Crippen molar-refractivity contribution >= 4 is 0 Å². The molecule has 1 heteroatoms. The van der Waals surface area contributed by atoms with Crippen LogP contribution >= 0.6 is 0 Å². The molecule has 0 unspecified atom stereocenters. The summed E-state index contributed by atoms with van der Waals surface area (Å²) in [6.07, 6.45) is 7.19. The van der Waals surface area contributed by atoms with E-state index >= 15 is 0 Å². The normalized spacial score (nSPS) is 8.82. The molecule has 0 saturated heterocycles. The lowest BCUT2D eigenvalue weighted by molar-refractivity contribution is 0.512. The van der Waals surface area contributed by atoms with Gasteiger partial charge in [0.1, 0.15) is 11.9 Å². The summed E-state index contributed by atoms with van der Waals surface area (Å²) in [5, 5.41) is 0. The van der Waals surface area contributed by atoms with E-state index in [1.807, 2.05) is 32.0 Å². The Morgan fingerprint density at radius 3 is 2.27 bits per heavy atom. The molecule has 0 radical (unpaired) electrons. The Kier molecular flexibility index (Phi) is 2.18. The van der Waals surface area contributed by atoms with E-state index in [2.05, 4.69) is 6.11 Å². The smallest absolute Gasteiger partial charge is 0.146 e. The minimum Gasteiger partial charge on any atom is -0.407 e. The summed E-state index contributed by atoms with van der Waals surface area (Å²) in [4.78, 5) is 0. The molecule has 0 N–H and O–H groups in total. The van der Waals surface area contributed by atoms with Gasteiger partial charge in [0, 0.05) is 0 Å². The first kappa shape index (κ1) is 7.68. The van der Waals surface area contributed by atoms with Crippen LogP contribution in [0, 0.1) is 26.4 Å². The molecule has 0 spiro atoms. The van der Waals surface area contributed by atoms with Gasteiger partial charge in [-0.2, -0.15) is 0 Å². The summed E-state index contributed by atoms with van der Waals surface area (Å²) < 4.78 is 5.00. The van der Waals surface area contributed by atoms with E-state index < -0.39 is 0 Å². The van der Waals surface area contributed by atoms with E-state index in [-0.39, 0.29) is 0 Å². The van der Waals surface area contributed by atoms with E-state index in [4.69, 9.17) is 11.2 Å². The predicted octanol–water partition coefficient (Wildman–Crippen LogP) is 2.27. The summed E-state index contributed by atoms with van der Waals surface area (Å²) in [5.41, 5.74) is 2.14. The highest BCUT2D eigenvalue weighted by molar-refractivity contribution is 5.40. The first-order valence-electron chi connectivity index (χ1n) is 3.44. The molecule has 0 bridgehead atoms. The Labute approximate surface area is 67.0 Å². The van der Waals surface area contributed by atoms with E-state index in [0.717, 1.165) is 16.9 Å². The number of terminal acetylenes is 1. The van der Waals surface area contributed by atoms with Crippen molar-refractivity contribution in [3.05, 3.63) is 29.3 Å². The van der Waals surface area contributed by atoms with Gasteiger partial charge in [-0.15, -0.1) is 0 Å². The Bertz CT molecular complexity index is 274. The largest absolute Gasteiger partial charge is 0.407 e. The minimum atomic E-state index is 0.801. The van der Waals surface area contributed by atoms with Gasteiger partial charge in [0.15, 0.2) is 0 Å².